The highest BCUT2D eigenvalue weighted by molar-refractivity contribution is 5.87. The number of hydrogen-bond donors (Lipinski definition) is 0. The molecule has 0 N–H and O–H groups in total. The van der Waals surface area contributed by atoms with Gasteiger partial charge in [0.25, 0.3) is 0 Å². The molecule has 4 rings (SSSR count). The van der Waals surface area contributed by atoms with E-state index in [1.54, 1.807) is 0 Å². The standard InChI is InChI=1S/C18H26O/c1-18-11-10-14-13-5-3-2-4-12(13)6-7-15(14)16(18)8-9-17(18)19/h12,15-16H,2-11H2,1H3/t12?,15-,16+,18-/m1/s1. The Morgan fingerprint density at radius 3 is 2.74 bits per heavy atom. The molecule has 4 aliphatic rings. The smallest absolute Gasteiger partial charge is 0.139 e. The van der Waals surface area contributed by atoms with Crippen LogP contribution in [0.4, 0.5) is 0 Å². The highest BCUT2D eigenvalue weighted by Crippen LogP contribution is 2.59. The van der Waals surface area contributed by atoms with E-state index in [0.717, 1.165) is 24.7 Å². The van der Waals surface area contributed by atoms with Gasteiger partial charge in [0.2, 0.25) is 0 Å². The van der Waals surface area contributed by atoms with E-state index in [2.05, 4.69) is 6.92 Å². The maximum atomic E-state index is 12.3. The van der Waals surface area contributed by atoms with Crippen molar-refractivity contribution in [3.8, 4) is 0 Å². The van der Waals surface area contributed by atoms with Crippen LogP contribution >= 0.6 is 0 Å². The maximum Gasteiger partial charge on any atom is 0.139 e. The Bertz CT molecular complexity index is 447. The van der Waals surface area contributed by atoms with Crippen molar-refractivity contribution in [1.29, 1.82) is 0 Å². The minimum atomic E-state index is 0.0518. The molecule has 1 nitrogen and oxygen atoms in total. The topological polar surface area (TPSA) is 17.1 Å². The molecule has 0 amide bonds. The summed E-state index contributed by atoms with van der Waals surface area (Å²) in [6, 6.07) is 0. The van der Waals surface area contributed by atoms with Crippen molar-refractivity contribution in [3.63, 3.8) is 0 Å². The van der Waals surface area contributed by atoms with E-state index in [9.17, 15) is 4.79 Å². The van der Waals surface area contributed by atoms with Crippen molar-refractivity contribution in [2.45, 2.75) is 71.1 Å². The van der Waals surface area contributed by atoms with Crippen molar-refractivity contribution in [3.05, 3.63) is 11.1 Å². The fraction of sp³-hybridized carbons (Fsp3) is 0.833. The molecule has 0 aromatic heterocycles. The molecule has 1 heteroatoms. The van der Waals surface area contributed by atoms with Gasteiger partial charge in [0, 0.05) is 11.8 Å². The first-order chi connectivity index (χ1) is 9.20. The summed E-state index contributed by atoms with van der Waals surface area (Å²) in [7, 11) is 0. The lowest BCUT2D eigenvalue weighted by Gasteiger charge is -2.48. The van der Waals surface area contributed by atoms with Gasteiger partial charge in [0.05, 0.1) is 0 Å². The predicted octanol–water partition coefficient (Wildman–Crippen LogP) is 4.66. The molecule has 3 fully saturated rings. The lowest BCUT2D eigenvalue weighted by atomic mass is 9.56. The molecule has 0 heterocycles. The third-order valence-corrected chi connectivity index (χ3v) is 6.96. The van der Waals surface area contributed by atoms with E-state index in [-0.39, 0.29) is 5.41 Å². The average Bonchev–Trinajstić information content (AvgIpc) is 2.75. The monoisotopic (exact) mass is 258 g/mol. The molecule has 19 heavy (non-hydrogen) atoms. The van der Waals surface area contributed by atoms with Crippen LogP contribution in [-0.4, -0.2) is 5.78 Å². The van der Waals surface area contributed by atoms with Crippen LogP contribution in [0.5, 0.6) is 0 Å². The summed E-state index contributed by atoms with van der Waals surface area (Å²) < 4.78 is 0. The number of rotatable bonds is 0. The highest BCUT2D eigenvalue weighted by atomic mass is 16.1. The normalized spacial score (nSPS) is 45.7. The zero-order valence-corrected chi connectivity index (χ0v) is 12.2. The van der Waals surface area contributed by atoms with Gasteiger partial charge in [-0.2, -0.15) is 0 Å². The summed E-state index contributed by atoms with van der Waals surface area (Å²) in [4.78, 5) is 12.3. The molecular formula is C18H26O. The van der Waals surface area contributed by atoms with Crippen molar-refractivity contribution in [2.75, 3.05) is 0 Å². The van der Waals surface area contributed by atoms with Gasteiger partial charge in [-0.1, -0.05) is 24.5 Å². The Morgan fingerprint density at radius 1 is 0.947 bits per heavy atom. The average molecular weight is 258 g/mol. The second kappa shape index (κ2) is 4.20. The van der Waals surface area contributed by atoms with Gasteiger partial charge in [0.1, 0.15) is 5.78 Å². The van der Waals surface area contributed by atoms with Crippen molar-refractivity contribution < 1.29 is 4.79 Å². The Hall–Kier alpha value is -0.590. The number of Topliss-reactive ketones (excluding diaryl/α,β-unsaturated/α-hetero) is 1. The molecule has 0 spiro atoms. The molecule has 0 aromatic carbocycles. The summed E-state index contributed by atoms with van der Waals surface area (Å²) in [5, 5.41) is 0. The minimum absolute atomic E-state index is 0.0518. The first kappa shape index (κ1) is 12.2. The Morgan fingerprint density at radius 2 is 1.84 bits per heavy atom. The summed E-state index contributed by atoms with van der Waals surface area (Å²) >= 11 is 0. The third kappa shape index (κ3) is 1.63. The lowest BCUT2D eigenvalue weighted by Crippen LogP contribution is -2.41. The number of ketones is 1. The van der Waals surface area contributed by atoms with Crippen LogP contribution in [0, 0.1) is 23.2 Å². The number of carbonyl (C=O) groups is 1. The molecule has 4 atom stereocenters. The molecule has 0 saturated heterocycles. The summed E-state index contributed by atoms with van der Waals surface area (Å²) in [6.07, 6.45) is 13.0. The van der Waals surface area contributed by atoms with E-state index in [1.165, 1.54) is 51.4 Å². The minimum Gasteiger partial charge on any atom is -0.299 e. The van der Waals surface area contributed by atoms with E-state index < -0.39 is 0 Å². The number of carbonyl (C=O) groups excluding carboxylic acids is 1. The fourth-order valence-corrected chi connectivity index (χ4v) is 5.87. The van der Waals surface area contributed by atoms with Crippen molar-refractivity contribution in [1.82, 2.24) is 0 Å². The molecule has 4 aliphatic carbocycles. The van der Waals surface area contributed by atoms with Crippen LogP contribution < -0.4 is 0 Å². The van der Waals surface area contributed by atoms with Gasteiger partial charge in [-0.25, -0.2) is 0 Å². The SMILES string of the molecule is C[C@@]12CCC3=C4CCCCC4CC[C@H]3[C@@H]1CCC2=O. The lowest BCUT2D eigenvalue weighted by molar-refractivity contribution is -0.128. The van der Waals surface area contributed by atoms with Crippen LogP contribution in [0.1, 0.15) is 71.1 Å². The van der Waals surface area contributed by atoms with E-state index in [0.29, 0.717) is 11.7 Å². The van der Waals surface area contributed by atoms with E-state index >= 15 is 0 Å². The van der Waals surface area contributed by atoms with Crippen LogP contribution in [0.2, 0.25) is 0 Å². The molecule has 0 aromatic rings. The molecule has 0 aliphatic heterocycles. The van der Waals surface area contributed by atoms with Crippen molar-refractivity contribution >= 4 is 5.78 Å². The van der Waals surface area contributed by atoms with E-state index in [1.807, 2.05) is 11.1 Å². The summed E-state index contributed by atoms with van der Waals surface area (Å²) in [5.74, 6) is 2.99. The summed E-state index contributed by atoms with van der Waals surface area (Å²) in [6.45, 7) is 2.28. The number of hydrogen-bond acceptors (Lipinski definition) is 1. The maximum absolute atomic E-state index is 12.3. The van der Waals surface area contributed by atoms with Gasteiger partial charge >= 0.3 is 0 Å². The first-order valence-corrected chi connectivity index (χ1v) is 8.45. The molecule has 0 radical (unpaired) electrons. The van der Waals surface area contributed by atoms with Crippen LogP contribution in [0.25, 0.3) is 0 Å². The molecule has 0 bridgehead atoms. The van der Waals surface area contributed by atoms with Crippen molar-refractivity contribution in [2.24, 2.45) is 23.2 Å². The van der Waals surface area contributed by atoms with Gasteiger partial charge in [-0.15, -0.1) is 0 Å². The van der Waals surface area contributed by atoms with Crippen LogP contribution in [0.3, 0.4) is 0 Å². The second-order valence-corrected chi connectivity index (χ2v) is 7.66. The Balaban J connectivity index is 1.72. The zero-order valence-electron chi connectivity index (χ0n) is 12.2. The van der Waals surface area contributed by atoms with Gasteiger partial charge in [-0.05, 0) is 69.1 Å². The largest absolute Gasteiger partial charge is 0.299 e. The third-order valence-electron chi connectivity index (χ3n) is 6.96. The molecule has 104 valence electrons. The fourth-order valence-electron chi connectivity index (χ4n) is 5.87. The Kier molecular flexibility index (Phi) is 2.69. The van der Waals surface area contributed by atoms with Crippen LogP contribution in [-0.2, 0) is 4.79 Å². The Labute approximate surface area is 116 Å². The quantitative estimate of drug-likeness (QED) is 0.577. The van der Waals surface area contributed by atoms with Gasteiger partial charge in [0.15, 0.2) is 0 Å². The van der Waals surface area contributed by atoms with E-state index in [4.69, 9.17) is 0 Å². The number of allylic oxidation sites excluding steroid dienone is 2. The second-order valence-electron chi connectivity index (χ2n) is 7.66. The molecule has 1 unspecified atom stereocenters. The van der Waals surface area contributed by atoms with Gasteiger partial charge < -0.3 is 0 Å². The van der Waals surface area contributed by atoms with Gasteiger partial charge in [-0.3, -0.25) is 4.79 Å². The zero-order chi connectivity index (χ0) is 13.0. The first-order valence-electron chi connectivity index (χ1n) is 8.45. The predicted molar refractivity (Wildman–Crippen MR) is 76.8 cm³/mol. The number of fused-ring (bicyclic) bond motifs is 4. The highest BCUT2D eigenvalue weighted by Gasteiger charge is 2.53. The molecule has 3 saturated carbocycles. The summed E-state index contributed by atoms with van der Waals surface area (Å²) in [5.41, 5.74) is 3.76. The molecular weight excluding hydrogens is 232 g/mol. The van der Waals surface area contributed by atoms with Crippen LogP contribution in [0.15, 0.2) is 11.1 Å².